The van der Waals surface area contributed by atoms with Gasteiger partial charge in [-0.05, 0) is 105 Å². The normalized spacial score (nSPS) is 21.9. The van der Waals surface area contributed by atoms with Crippen LogP contribution in [0.5, 0.6) is 0 Å². The fourth-order valence-electron chi connectivity index (χ4n) is 7.75. The molecule has 1 aromatic carbocycles. The van der Waals surface area contributed by atoms with Gasteiger partial charge in [-0.25, -0.2) is 17.9 Å². The van der Waals surface area contributed by atoms with E-state index in [0.29, 0.717) is 25.7 Å². The van der Waals surface area contributed by atoms with Gasteiger partial charge < -0.3 is 25.0 Å². The third kappa shape index (κ3) is 11.5. The molecule has 0 spiro atoms. The largest absolute Gasteiger partial charge is 0.450 e. The van der Waals surface area contributed by atoms with Crippen molar-refractivity contribution in [3.8, 4) is 0 Å². The molecule has 3 aliphatic carbocycles. The van der Waals surface area contributed by atoms with Crippen molar-refractivity contribution in [1.29, 1.82) is 0 Å². The minimum atomic E-state index is -3.62. The quantitative estimate of drug-likeness (QED) is 0.0790. The van der Waals surface area contributed by atoms with Gasteiger partial charge in [0, 0.05) is 7.11 Å². The second kappa shape index (κ2) is 19.5. The van der Waals surface area contributed by atoms with Crippen LogP contribution >= 0.6 is 0 Å². The summed E-state index contributed by atoms with van der Waals surface area (Å²) in [6.07, 6.45) is 11.9. The maximum absolute atomic E-state index is 15.0. The van der Waals surface area contributed by atoms with E-state index in [1.807, 2.05) is 65.0 Å². The molecule has 0 bridgehead atoms. The standard InChI is InChI=1S/C45H68N4O8S/c1-11-15-16-26-57-42(53)47-39(43(6,7)8)41(52)49(29-44(9,56-10)34-22-20-32(21-23-34)36(14-4)31(13-3)17-12-2)30(5)40(51)48-45(27-37(45)33-18-19-33)38(50)28-46-58(54,55)35-24-25-35/h12,14,17,20-23,30,33,35,37,39,46H,2,11,13,15-16,18-19,24-29H2,1,3-10H3,(H,47,53)(H,48,51). The molecule has 13 heteroatoms. The van der Waals surface area contributed by atoms with Crippen molar-refractivity contribution in [2.75, 3.05) is 26.8 Å². The Kier molecular flexibility index (Phi) is 15.8. The van der Waals surface area contributed by atoms with Crippen LogP contribution in [-0.2, 0) is 39.5 Å². The van der Waals surface area contributed by atoms with Crippen molar-refractivity contribution in [3.05, 3.63) is 65.8 Å². The van der Waals surface area contributed by atoms with E-state index in [2.05, 4.69) is 41.9 Å². The Morgan fingerprint density at radius 2 is 1.69 bits per heavy atom. The molecule has 5 unspecified atom stereocenters. The number of amides is 3. The van der Waals surface area contributed by atoms with E-state index in [0.717, 1.165) is 54.4 Å². The summed E-state index contributed by atoms with van der Waals surface area (Å²) in [5, 5.41) is 5.33. The van der Waals surface area contributed by atoms with Gasteiger partial charge in [-0.15, -0.1) is 0 Å². The number of alkyl carbamates (subject to hydrolysis) is 1. The zero-order valence-corrected chi connectivity index (χ0v) is 37.1. The Bertz CT molecular complexity index is 1830. The Labute approximate surface area is 347 Å². The molecule has 5 atom stereocenters. The Hall–Kier alpha value is -3.81. The number of unbranched alkanes of at least 4 members (excludes halogenated alkanes) is 2. The van der Waals surface area contributed by atoms with E-state index >= 15 is 0 Å². The number of methoxy groups -OCH3 is 1. The Balaban J connectivity index is 1.68. The van der Waals surface area contributed by atoms with E-state index in [1.54, 1.807) is 20.1 Å². The number of carbonyl (C=O) groups is 4. The lowest BCUT2D eigenvalue weighted by molar-refractivity contribution is -0.149. The Morgan fingerprint density at radius 1 is 1.03 bits per heavy atom. The predicted molar refractivity (Wildman–Crippen MR) is 228 cm³/mol. The first-order valence-corrected chi connectivity index (χ1v) is 22.6. The Morgan fingerprint density at radius 3 is 2.21 bits per heavy atom. The molecule has 12 nitrogen and oxygen atoms in total. The number of ether oxygens (including phenoxy) is 2. The zero-order chi connectivity index (χ0) is 43.1. The molecule has 3 aliphatic rings. The van der Waals surface area contributed by atoms with Crippen LogP contribution in [0.3, 0.4) is 0 Å². The van der Waals surface area contributed by atoms with Gasteiger partial charge in [0.25, 0.3) is 0 Å². The molecule has 0 saturated heterocycles. The van der Waals surface area contributed by atoms with Crippen LogP contribution in [0.4, 0.5) is 4.79 Å². The topological polar surface area (TPSA) is 160 Å². The number of allylic oxidation sites excluding steroid dienone is 5. The summed E-state index contributed by atoms with van der Waals surface area (Å²) in [5.41, 5.74) is 0.796. The highest BCUT2D eigenvalue weighted by atomic mass is 32.2. The number of ketones is 1. The van der Waals surface area contributed by atoms with Gasteiger partial charge in [0.1, 0.15) is 23.2 Å². The first kappa shape index (κ1) is 46.9. The maximum atomic E-state index is 15.0. The van der Waals surface area contributed by atoms with Crippen LogP contribution < -0.4 is 15.4 Å². The molecule has 0 aliphatic heterocycles. The van der Waals surface area contributed by atoms with E-state index in [-0.39, 0.29) is 30.8 Å². The van der Waals surface area contributed by atoms with Crippen molar-refractivity contribution in [2.45, 2.75) is 142 Å². The van der Waals surface area contributed by atoms with E-state index in [9.17, 15) is 27.6 Å². The summed E-state index contributed by atoms with van der Waals surface area (Å²) in [7, 11) is -2.07. The molecule has 0 heterocycles. The highest BCUT2D eigenvalue weighted by Gasteiger charge is 2.65. The van der Waals surface area contributed by atoms with Gasteiger partial charge in [0.15, 0.2) is 5.78 Å². The molecule has 3 saturated carbocycles. The van der Waals surface area contributed by atoms with Crippen molar-refractivity contribution >= 4 is 39.3 Å². The first-order valence-electron chi connectivity index (χ1n) is 21.0. The number of hydrogen-bond acceptors (Lipinski definition) is 8. The van der Waals surface area contributed by atoms with Gasteiger partial charge in [0.05, 0.1) is 24.9 Å². The number of Topliss-reactive ketones (excluding diaryl/α,β-unsaturated/α-hetero) is 1. The fraction of sp³-hybridized carbons (Fsp3) is 0.644. The monoisotopic (exact) mass is 824 g/mol. The summed E-state index contributed by atoms with van der Waals surface area (Å²) in [6, 6.07) is 5.67. The van der Waals surface area contributed by atoms with Crippen molar-refractivity contribution < 1.29 is 37.1 Å². The number of carbonyl (C=O) groups excluding carboxylic acids is 4. The number of rotatable bonds is 23. The van der Waals surface area contributed by atoms with Crippen LogP contribution in [-0.4, -0.2) is 86.7 Å². The molecule has 58 heavy (non-hydrogen) atoms. The minimum absolute atomic E-state index is 0.0860. The molecule has 322 valence electrons. The average molecular weight is 825 g/mol. The van der Waals surface area contributed by atoms with E-state index in [1.165, 1.54) is 4.90 Å². The van der Waals surface area contributed by atoms with E-state index < -0.39 is 68.4 Å². The SMILES string of the molecule is C=CC=C(CC)C(=CC)c1ccc(C(C)(CN(C(=O)C(NC(=O)OCCCCC)C(C)(C)C)C(C)C(=O)NC2(C(=O)CNS(=O)(=O)C3CC3)CC2C2CC2)OC)cc1. The second-order valence-electron chi connectivity index (χ2n) is 17.5. The van der Waals surface area contributed by atoms with Crippen molar-refractivity contribution in [2.24, 2.45) is 17.3 Å². The molecular formula is C45H68N4O8S. The van der Waals surface area contributed by atoms with Gasteiger partial charge >= 0.3 is 6.09 Å². The summed E-state index contributed by atoms with van der Waals surface area (Å²) < 4.78 is 39.4. The summed E-state index contributed by atoms with van der Waals surface area (Å²) in [5.74, 6) is -1.32. The molecule has 0 aromatic heterocycles. The summed E-state index contributed by atoms with van der Waals surface area (Å²) >= 11 is 0. The number of hydrogen-bond donors (Lipinski definition) is 3. The van der Waals surface area contributed by atoms with Gasteiger partial charge in [-0.1, -0.05) is 96.5 Å². The summed E-state index contributed by atoms with van der Waals surface area (Å²) in [6.45, 7) is 18.6. The van der Waals surface area contributed by atoms with Crippen LogP contribution in [0.1, 0.15) is 124 Å². The highest BCUT2D eigenvalue weighted by molar-refractivity contribution is 7.90. The highest BCUT2D eigenvalue weighted by Crippen LogP contribution is 2.57. The van der Waals surface area contributed by atoms with Gasteiger partial charge in [-0.3, -0.25) is 14.4 Å². The molecular weight excluding hydrogens is 757 g/mol. The number of sulfonamides is 1. The maximum Gasteiger partial charge on any atom is 0.407 e. The van der Waals surface area contributed by atoms with Crippen LogP contribution in [0.25, 0.3) is 5.57 Å². The van der Waals surface area contributed by atoms with Gasteiger partial charge in [0.2, 0.25) is 21.8 Å². The summed E-state index contributed by atoms with van der Waals surface area (Å²) in [4.78, 5) is 57.8. The van der Waals surface area contributed by atoms with Gasteiger partial charge in [-0.2, -0.15) is 0 Å². The third-order valence-corrected chi connectivity index (χ3v) is 13.9. The molecule has 3 N–H and O–H groups in total. The fourth-order valence-corrected chi connectivity index (χ4v) is 9.08. The number of nitrogens with one attached hydrogen (secondary N) is 3. The third-order valence-electron chi connectivity index (χ3n) is 12.0. The van der Waals surface area contributed by atoms with Crippen LogP contribution in [0.2, 0.25) is 0 Å². The molecule has 3 amide bonds. The number of nitrogens with zero attached hydrogens (tertiary/aromatic N) is 1. The van der Waals surface area contributed by atoms with Crippen LogP contribution in [0, 0.1) is 17.3 Å². The lowest BCUT2D eigenvalue weighted by Gasteiger charge is -2.41. The average Bonchev–Trinajstić information content (AvgIpc) is 4.04. The smallest absolute Gasteiger partial charge is 0.407 e. The second-order valence-corrected chi connectivity index (χ2v) is 19.6. The van der Waals surface area contributed by atoms with Crippen molar-refractivity contribution in [3.63, 3.8) is 0 Å². The lowest BCUT2D eigenvalue weighted by atomic mass is 9.84. The van der Waals surface area contributed by atoms with E-state index in [4.69, 9.17) is 9.47 Å². The predicted octanol–water partition coefficient (Wildman–Crippen LogP) is 6.96. The van der Waals surface area contributed by atoms with Crippen molar-refractivity contribution in [1.82, 2.24) is 20.3 Å². The first-order chi connectivity index (χ1) is 27.3. The molecule has 4 rings (SSSR count). The number of benzene rings is 1. The molecule has 3 fully saturated rings. The zero-order valence-electron chi connectivity index (χ0n) is 36.2. The minimum Gasteiger partial charge on any atom is -0.450 e. The molecule has 0 radical (unpaired) electrons. The van der Waals surface area contributed by atoms with Crippen LogP contribution in [0.15, 0.2) is 54.6 Å². The lowest BCUT2D eigenvalue weighted by Crippen LogP contribution is -2.62. The molecule has 1 aromatic rings.